The number of aromatic nitrogens is 3. The van der Waals surface area contributed by atoms with Crippen LogP contribution in [0, 0.1) is 6.92 Å². The van der Waals surface area contributed by atoms with Gasteiger partial charge in [-0.3, -0.25) is 9.59 Å². The highest BCUT2D eigenvalue weighted by atomic mass is 16.5. The van der Waals surface area contributed by atoms with Crippen LogP contribution in [-0.2, 0) is 0 Å². The fourth-order valence-electron chi connectivity index (χ4n) is 2.85. The number of nitrogens with one attached hydrogen (secondary N) is 2. The van der Waals surface area contributed by atoms with Crippen molar-refractivity contribution >= 4 is 11.8 Å². The Bertz CT molecular complexity index is 1050. The van der Waals surface area contributed by atoms with E-state index in [9.17, 15) is 14.7 Å². The van der Waals surface area contributed by atoms with Crippen molar-refractivity contribution in [3.05, 3.63) is 65.5 Å². The average molecular weight is 409 g/mol. The van der Waals surface area contributed by atoms with E-state index in [1.807, 2.05) is 18.2 Å². The molecule has 0 fully saturated rings. The predicted molar refractivity (Wildman–Crippen MR) is 110 cm³/mol. The van der Waals surface area contributed by atoms with Crippen LogP contribution in [0.15, 0.2) is 48.5 Å². The van der Waals surface area contributed by atoms with E-state index in [1.165, 1.54) is 12.1 Å². The Balaban J connectivity index is 1.49. The van der Waals surface area contributed by atoms with Gasteiger partial charge in [0.15, 0.2) is 5.69 Å². The van der Waals surface area contributed by atoms with Gasteiger partial charge in [-0.2, -0.15) is 0 Å². The van der Waals surface area contributed by atoms with E-state index in [4.69, 9.17) is 4.74 Å². The largest absolute Gasteiger partial charge is 0.508 e. The first-order chi connectivity index (χ1) is 14.5. The summed E-state index contributed by atoms with van der Waals surface area (Å²) in [7, 11) is 1.58. The van der Waals surface area contributed by atoms with E-state index < -0.39 is 0 Å². The highest BCUT2D eigenvalue weighted by Crippen LogP contribution is 2.18. The molecule has 0 saturated heterocycles. The Labute approximate surface area is 173 Å². The van der Waals surface area contributed by atoms with Crippen LogP contribution in [0.25, 0.3) is 5.69 Å². The van der Waals surface area contributed by atoms with E-state index in [0.717, 1.165) is 5.69 Å². The van der Waals surface area contributed by atoms with Crippen molar-refractivity contribution in [1.29, 1.82) is 0 Å². The molecule has 0 aliphatic heterocycles. The molecule has 156 valence electrons. The normalized spacial score (nSPS) is 10.5. The predicted octanol–water partition coefficient (Wildman–Crippen LogP) is 1.84. The Morgan fingerprint density at radius 3 is 2.53 bits per heavy atom. The maximum atomic E-state index is 12.4. The standard InChI is InChI=1S/C21H23N5O4/c1-14-19(24-25-26(14)16-7-4-9-18(13-16)30-2)21(29)23-11-5-10-22-20(28)15-6-3-8-17(27)12-15/h3-4,6-9,12-13,27H,5,10-11H2,1-2H3,(H,22,28)(H,23,29). The molecule has 1 heterocycles. The third kappa shape index (κ3) is 4.93. The Morgan fingerprint density at radius 2 is 1.80 bits per heavy atom. The van der Waals surface area contributed by atoms with Gasteiger partial charge in [-0.1, -0.05) is 17.3 Å². The second-order valence-corrected chi connectivity index (χ2v) is 6.55. The molecule has 9 heteroatoms. The highest BCUT2D eigenvalue weighted by molar-refractivity contribution is 5.94. The number of aromatic hydroxyl groups is 1. The van der Waals surface area contributed by atoms with Crippen LogP contribution in [-0.4, -0.2) is 52.1 Å². The van der Waals surface area contributed by atoms with Gasteiger partial charge in [0.2, 0.25) is 0 Å². The zero-order valence-corrected chi connectivity index (χ0v) is 16.8. The molecule has 9 nitrogen and oxygen atoms in total. The van der Waals surface area contributed by atoms with Crippen LogP contribution in [0.3, 0.4) is 0 Å². The summed E-state index contributed by atoms with van der Waals surface area (Å²) in [6.07, 6.45) is 0.541. The summed E-state index contributed by atoms with van der Waals surface area (Å²) < 4.78 is 6.79. The van der Waals surface area contributed by atoms with Crippen molar-refractivity contribution in [2.24, 2.45) is 0 Å². The van der Waals surface area contributed by atoms with Gasteiger partial charge in [0, 0.05) is 24.7 Å². The number of carbonyl (C=O) groups excluding carboxylic acids is 2. The van der Waals surface area contributed by atoms with Crippen molar-refractivity contribution in [1.82, 2.24) is 25.6 Å². The first kappa shape index (κ1) is 20.8. The van der Waals surface area contributed by atoms with Crippen molar-refractivity contribution in [3.8, 4) is 17.2 Å². The molecule has 3 rings (SSSR count). The number of hydrogen-bond acceptors (Lipinski definition) is 6. The number of methoxy groups -OCH3 is 1. The summed E-state index contributed by atoms with van der Waals surface area (Å²) in [5.41, 5.74) is 1.97. The maximum absolute atomic E-state index is 12.4. The molecule has 1 aromatic heterocycles. The molecule has 0 radical (unpaired) electrons. The summed E-state index contributed by atoms with van der Waals surface area (Å²) in [6, 6.07) is 13.4. The molecule has 3 aromatic rings. The number of carbonyl (C=O) groups is 2. The second kappa shape index (κ2) is 9.55. The fraction of sp³-hybridized carbons (Fsp3) is 0.238. The van der Waals surface area contributed by atoms with E-state index >= 15 is 0 Å². The zero-order chi connectivity index (χ0) is 21.5. The van der Waals surface area contributed by atoms with Crippen LogP contribution < -0.4 is 15.4 Å². The van der Waals surface area contributed by atoms with Crippen molar-refractivity contribution < 1.29 is 19.4 Å². The molecule has 0 atom stereocenters. The van der Waals surface area contributed by atoms with Crippen molar-refractivity contribution in [2.75, 3.05) is 20.2 Å². The molecule has 0 aliphatic rings. The molecule has 3 N–H and O–H groups in total. The number of hydrogen-bond donors (Lipinski definition) is 3. The van der Waals surface area contributed by atoms with Crippen molar-refractivity contribution in [3.63, 3.8) is 0 Å². The van der Waals surface area contributed by atoms with Gasteiger partial charge in [0.25, 0.3) is 11.8 Å². The molecule has 30 heavy (non-hydrogen) atoms. The van der Waals surface area contributed by atoms with Crippen molar-refractivity contribution in [2.45, 2.75) is 13.3 Å². The van der Waals surface area contributed by atoms with Crippen LogP contribution >= 0.6 is 0 Å². The summed E-state index contributed by atoms with van der Waals surface area (Å²) in [6.45, 7) is 2.51. The lowest BCUT2D eigenvalue weighted by atomic mass is 10.2. The summed E-state index contributed by atoms with van der Waals surface area (Å²) in [5.74, 6) is 0.101. The first-order valence-electron chi connectivity index (χ1n) is 9.41. The number of benzene rings is 2. The molecule has 0 bridgehead atoms. The Hall–Kier alpha value is -3.88. The van der Waals surface area contributed by atoms with Gasteiger partial charge >= 0.3 is 0 Å². The summed E-state index contributed by atoms with van der Waals surface area (Å²) >= 11 is 0. The lowest BCUT2D eigenvalue weighted by Gasteiger charge is -2.07. The number of phenols is 1. The zero-order valence-electron chi connectivity index (χ0n) is 16.8. The van der Waals surface area contributed by atoms with Gasteiger partial charge < -0.3 is 20.5 Å². The molecule has 0 spiro atoms. The van der Waals surface area contributed by atoms with Gasteiger partial charge in [0.1, 0.15) is 11.5 Å². The van der Waals surface area contributed by atoms with Crippen LogP contribution in [0.2, 0.25) is 0 Å². The monoisotopic (exact) mass is 409 g/mol. The van der Waals surface area contributed by atoms with Gasteiger partial charge in [-0.25, -0.2) is 4.68 Å². The van der Waals surface area contributed by atoms with Crippen LogP contribution in [0.1, 0.15) is 33.0 Å². The lowest BCUT2D eigenvalue weighted by Crippen LogP contribution is -2.30. The molecular formula is C21H23N5O4. The van der Waals surface area contributed by atoms with E-state index in [0.29, 0.717) is 36.5 Å². The van der Waals surface area contributed by atoms with E-state index in [2.05, 4.69) is 20.9 Å². The quantitative estimate of drug-likeness (QED) is 0.489. The minimum atomic E-state index is -0.332. The topological polar surface area (TPSA) is 118 Å². The number of rotatable bonds is 8. The van der Waals surface area contributed by atoms with E-state index in [-0.39, 0.29) is 23.3 Å². The van der Waals surface area contributed by atoms with Gasteiger partial charge in [-0.15, -0.1) is 5.10 Å². The number of nitrogens with zero attached hydrogens (tertiary/aromatic N) is 3. The summed E-state index contributed by atoms with van der Waals surface area (Å²) in [5, 5.41) is 23.0. The molecule has 0 aliphatic carbocycles. The molecular weight excluding hydrogens is 386 g/mol. The highest BCUT2D eigenvalue weighted by Gasteiger charge is 2.17. The smallest absolute Gasteiger partial charge is 0.273 e. The van der Waals surface area contributed by atoms with Gasteiger partial charge in [-0.05, 0) is 43.7 Å². The first-order valence-corrected chi connectivity index (χ1v) is 9.41. The SMILES string of the molecule is COc1cccc(-n2nnc(C(=O)NCCCNC(=O)c3cccc(O)c3)c2C)c1. The maximum Gasteiger partial charge on any atom is 0.273 e. The average Bonchev–Trinajstić information content (AvgIpc) is 3.14. The minimum Gasteiger partial charge on any atom is -0.508 e. The molecule has 0 unspecified atom stereocenters. The molecule has 0 saturated carbocycles. The fourth-order valence-corrected chi connectivity index (χ4v) is 2.85. The van der Waals surface area contributed by atoms with Crippen LogP contribution in [0.5, 0.6) is 11.5 Å². The third-order valence-electron chi connectivity index (χ3n) is 4.44. The number of ether oxygens (including phenoxy) is 1. The van der Waals surface area contributed by atoms with Gasteiger partial charge in [0.05, 0.1) is 18.5 Å². The molecule has 2 amide bonds. The number of phenolic OH excluding ortho intramolecular Hbond substituents is 1. The summed E-state index contributed by atoms with van der Waals surface area (Å²) in [4.78, 5) is 24.4. The molecule has 2 aromatic carbocycles. The van der Waals surface area contributed by atoms with E-state index in [1.54, 1.807) is 36.9 Å². The third-order valence-corrected chi connectivity index (χ3v) is 4.44. The lowest BCUT2D eigenvalue weighted by molar-refractivity contribution is 0.0947. The second-order valence-electron chi connectivity index (χ2n) is 6.55. The Kier molecular flexibility index (Phi) is 6.63. The van der Waals surface area contributed by atoms with Crippen LogP contribution in [0.4, 0.5) is 0 Å². The minimum absolute atomic E-state index is 0.0345. The Morgan fingerprint density at radius 1 is 1.07 bits per heavy atom. The number of amides is 2.